The lowest BCUT2D eigenvalue weighted by Crippen LogP contribution is -2.43. The molecule has 7 heteroatoms. The molecule has 2 aromatic rings. The number of anilines is 1. The number of rotatable bonds is 4. The van der Waals surface area contributed by atoms with Crippen LogP contribution in [0.1, 0.15) is 26.2 Å². The van der Waals surface area contributed by atoms with E-state index in [2.05, 4.69) is 10.3 Å². The molecule has 1 unspecified atom stereocenters. The van der Waals surface area contributed by atoms with Crippen LogP contribution in [0.4, 0.5) is 5.13 Å². The summed E-state index contributed by atoms with van der Waals surface area (Å²) in [5.74, 6) is -0.0595. The van der Waals surface area contributed by atoms with Crippen molar-refractivity contribution in [3.8, 4) is 10.6 Å². The molecule has 23 heavy (non-hydrogen) atoms. The molecular weight excluding hydrogens is 330 g/mol. The summed E-state index contributed by atoms with van der Waals surface area (Å²) in [4.78, 5) is 31.6. The van der Waals surface area contributed by atoms with E-state index in [1.54, 1.807) is 16.2 Å². The molecule has 2 amide bonds. The van der Waals surface area contributed by atoms with Crippen molar-refractivity contribution in [1.82, 2.24) is 9.88 Å². The Hall–Kier alpha value is -1.73. The second-order valence-electron chi connectivity index (χ2n) is 5.54. The van der Waals surface area contributed by atoms with Crippen LogP contribution in [0.2, 0.25) is 0 Å². The molecule has 1 N–H and O–H groups in total. The minimum Gasteiger partial charge on any atom is -0.342 e. The summed E-state index contributed by atoms with van der Waals surface area (Å²) in [5, 5.41) is 7.49. The van der Waals surface area contributed by atoms with E-state index in [1.165, 1.54) is 11.3 Å². The van der Waals surface area contributed by atoms with Gasteiger partial charge in [0.2, 0.25) is 11.8 Å². The molecule has 5 nitrogen and oxygen atoms in total. The Balaban J connectivity index is 1.61. The molecule has 0 spiro atoms. The highest BCUT2D eigenvalue weighted by Gasteiger charge is 2.28. The fourth-order valence-corrected chi connectivity index (χ4v) is 4.19. The van der Waals surface area contributed by atoms with Crippen molar-refractivity contribution in [3.63, 3.8) is 0 Å². The van der Waals surface area contributed by atoms with E-state index >= 15 is 0 Å². The van der Waals surface area contributed by atoms with Crippen LogP contribution in [0, 0.1) is 5.92 Å². The zero-order chi connectivity index (χ0) is 16.2. The first-order valence-corrected chi connectivity index (χ1v) is 9.51. The predicted octanol–water partition coefficient (Wildman–Crippen LogP) is 3.46. The molecule has 0 bridgehead atoms. The number of nitrogens with one attached hydrogen (secondary N) is 1. The molecule has 3 heterocycles. The highest BCUT2D eigenvalue weighted by molar-refractivity contribution is 7.16. The van der Waals surface area contributed by atoms with Crippen molar-refractivity contribution in [2.24, 2.45) is 5.92 Å². The van der Waals surface area contributed by atoms with Gasteiger partial charge in [-0.25, -0.2) is 4.98 Å². The normalized spacial score (nSPS) is 18.0. The maximum Gasteiger partial charge on any atom is 0.231 e. The van der Waals surface area contributed by atoms with E-state index in [0.29, 0.717) is 18.1 Å². The van der Waals surface area contributed by atoms with Crippen LogP contribution in [-0.4, -0.2) is 34.8 Å². The molecule has 0 aliphatic carbocycles. The molecule has 2 aromatic heterocycles. The van der Waals surface area contributed by atoms with E-state index in [9.17, 15) is 9.59 Å². The lowest BCUT2D eigenvalue weighted by Gasteiger charge is -2.31. The first-order valence-electron chi connectivity index (χ1n) is 7.75. The summed E-state index contributed by atoms with van der Waals surface area (Å²) in [6, 6.07) is 4.00. The van der Waals surface area contributed by atoms with Gasteiger partial charge in [0.15, 0.2) is 5.13 Å². The van der Waals surface area contributed by atoms with E-state index < -0.39 is 0 Å². The SMILES string of the molecule is CCC(=O)N1CCCC(C(=O)Nc2nc(-c3cccs3)cs2)C1. The molecule has 1 aliphatic rings. The third-order valence-electron chi connectivity index (χ3n) is 3.96. The van der Waals surface area contributed by atoms with Crippen LogP contribution in [0.3, 0.4) is 0 Å². The number of aromatic nitrogens is 1. The molecule has 122 valence electrons. The number of thiophene rings is 1. The van der Waals surface area contributed by atoms with E-state index in [1.807, 2.05) is 29.8 Å². The Labute approximate surface area is 143 Å². The zero-order valence-corrected chi connectivity index (χ0v) is 14.6. The molecule has 1 saturated heterocycles. The molecule has 1 fully saturated rings. The number of carbonyl (C=O) groups is 2. The minimum absolute atomic E-state index is 0.0364. The van der Waals surface area contributed by atoms with Gasteiger partial charge in [-0.15, -0.1) is 22.7 Å². The topological polar surface area (TPSA) is 62.3 Å². The molecule has 0 radical (unpaired) electrons. The monoisotopic (exact) mass is 349 g/mol. The standard InChI is InChI=1S/C16H19N3O2S2/c1-2-14(20)19-7-3-5-11(9-19)15(21)18-16-17-12(10-23-16)13-6-4-8-22-13/h4,6,8,10-11H,2-3,5,7,9H2,1H3,(H,17,18,21). The average Bonchev–Trinajstić information content (AvgIpc) is 3.25. The van der Waals surface area contributed by atoms with Gasteiger partial charge in [0.05, 0.1) is 16.5 Å². The van der Waals surface area contributed by atoms with Crippen molar-refractivity contribution >= 4 is 39.6 Å². The third kappa shape index (κ3) is 3.79. The molecule has 1 atom stereocenters. The number of amides is 2. The Morgan fingerprint density at radius 2 is 2.30 bits per heavy atom. The Bertz CT molecular complexity index is 681. The molecule has 3 rings (SSSR count). The van der Waals surface area contributed by atoms with Crippen molar-refractivity contribution in [2.75, 3.05) is 18.4 Å². The van der Waals surface area contributed by atoms with Crippen LogP contribution >= 0.6 is 22.7 Å². The van der Waals surface area contributed by atoms with Gasteiger partial charge >= 0.3 is 0 Å². The molecule has 0 aromatic carbocycles. The minimum atomic E-state index is -0.145. The summed E-state index contributed by atoms with van der Waals surface area (Å²) in [7, 11) is 0. The molecular formula is C16H19N3O2S2. The fraction of sp³-hybridized carbons (Fsp3) is 0.438. The average molecular weight is 349 g/mol. The van der Waals surface area contributed by atoms with Gasteiger partial charge in [-0.2, -0.15) is 0 Å². The number of carbonyl (C=O) groups excluding carboxylic acids is 2. The van der Waals surface area contributed by atoms with Gasteiger partial charge in [0, 0.05) is 24.9 Å². The Morgan fingerprint density at radius 1 is 1.43 bits per heavy atom. The zero-order valence-electron chi connectivity index (χ0n) is 12.9. The van der Waals surface area contributed by atoms with Crippen LogP contribution in [-0.2, 0) is 9.59 Å². The molecule has 0 saturated carbocycles. The lowest BCUT2D eigenvalue weighted by molar-refractivity contribution is -0.134. The van der Waals surface area contributed by atoms with Crippen LogP contribution in [0.25, 0.3) is 10.6 Å². The number of hydrogen-bond donors (Lipinski definition) is 1. The maximum absolute atomic E-state index is 12.4. The highest BCUT2D eigenvalue weighted by atomic mass is 32.1. The Morgan fingerprint density at radius 3 is 3.04 bits per heavy atom. The van der Waals surface area contributed by atoms with Gasteiger partial charge in [-0.1, -0.05) is 13.0 Å². The van der Waals surface area contributed by atoms with Gasteiger partial charge in [0.1, 0.15) is 0 Å². The largest absolute Gasteiger partial charge is 0.342 e. The highest BCUT2D eigenvalue weighted by Crippen LogP contribution is 2.29. The molecule has 1 aliphatic heterocycles. The third-order valence-corrected chi connectivity index (χ3v) is 5.61. The van der Waals surface area contributed by atoms with E-state index in [4.69, 9.17) is 0 Å². The second-order valence-corrected chi connectivity index (χ2v) is 7.34. The van der Waals surface area contributed by atoms with Crippen LogP contribution in [0.15, 0.2) is 22.9 Å². The predicted molar refractivity (Wildman–Crippen MR) is 93.7 cm³/mol. The summed E-state index contributed by atoms with van der Waals surface area (Å²) < 4.78 is 0. The van der Waals surface area contributed by atoms with Gasteiger partial charge in [-0.05, 0) is 24.3 Å². The lowest BCUT2D eigenvalue weighted by atomic mass is 9.97. The van der Waals surface area contributed by atoms with Crippen molar-refractivity contribution in [1.29, 1.82) is 0 Å². The van der Waals surface area contributed by atoms with E-state index in [-0.39, 0.29) is 17.7 Å². The number of nitrogens with zero attached hydrogens (tertiary/aromatic N) is 2. The Kier molecular flexibility index (Phi) is 5.07. The number of thiazole rings is 1. The summed E-state index contributed by atoms with van der Waals surface area (Å²) >= 11 is 3.06. The van der Waals surface area contributed by atoms with Gasteiger partial charge in [0.25, 0.3) is 0 Å². The number of hydrogen-bond acceptors (Lipinski definition) is 5. The van der Waals surface area contributed by atoms with Gasteiger partial charge in [-0.3, -0.25) is 9.59 Å². The smallest absolute Gasteiger partial charge is 0.231 e. The van der Waals surface area contributed by atoms with Crippen molar-refractivity contribution in [3.05, 3.63) is 22.9 Å². The quantitative estimate of drug-likeness (QED) is 0.919. The number of likely N-dealkylation sites (tertiary alicyclic amines) is 1. The van der Waals surface area contributed by atoms with Gasteiger partial charge < -0.3 is 10.2 Å². The summed E-state index contributed by atoms with van der Waals surface area (Å²) in [6.07, 6.45) is 2.19. The van der Waals surface area contributed by atoms with E-state index in [0.717, 1.165) is 30.0 Å². The maximum atomic E-state index is 12.4. The first-order chi connectivity index (χ1) is 11.2. The fourth-order valence-electron chi connectivity index (χ4n) is 2.72. The number of piperidine rings is 1. The van der Waals surface area contributed by atoms with Crippen LogP contribution < -0.4 is 5.32 Å². The van der Waals surface area contributed by atoms with Crippen molar-refractivity contribution < 1.29 is 9.59 Å². The summed E-state index contributed by atoms with van der Waals surface area (Å²) in [5.41, 5.74) is 0.895. The first kappa shape index (κ1) is 16.1. The second kappa shape index (κ2) is 7.23. The van der Waals surface area contributed by atoms with Crippen LogP contribution in [0.5, 0.6) is 0 Å². The summed E-state index contributed by atoms with van der Waals surface area (Å²) in [6.45, 7) is 3.13. The van der Waals surface area contributed by atoms with Crippen molar-refractivity contribution in [2.45, 2.75) is 26.2 Å².